The van der Waals surface area contributed by atoms with Gasteiger partial charge in [0.25, 0.3) is 0 Å². The summed E-state index contributed by atoms with van der Waals surface area (Å²) in [4.78, 5) is 10.8. The average Bonchev–Trinajstić information content (AvgIpc) is 3.93. The van der Waals surface area contributed by atoms with Gasteiger partial charge in [0.2, 0.25) is 5.95 Å². The molecule has 0 bridgehead atoms. The van der Waals surface area contributed by atoms with Crippen molar-refractivity contribution in [1.29, 1.82) is 0 Å². The Morgan fingerprint density at radius 1 is 0.564 bits per heavy atom. The summed E-state index contributed by atoms with van der Waals surface area (Å²) in [5.74, 6) is 0.624. The maximum atomic E-state index is 6.56. The number of rotatable bonds is 7. The highest BCUT2D eigenvalue weighted by Gasteiger charge is 2.21. The molecule has 4 heterocycles. The number of thiophene rings is 1. The molecule has 0 radical (unpaired) electrons. The third kappa shape index (κ3) is 5.19. The summed E-state index contributed by atoms with van der Waals surface area (Å²) in [6.07, 6.45) is 3.54. The molecule has 11 rings (SSSR count). The van der Waals surface area contributed by atoms with Gasteiger partial charge in [-0.3, -0.25) is 4.57 Å². The summed E-state index contributed by atoms with van der Waals surface area (Å²) in [6.45, 7) is 2.24. The number of hydrogen-bond donors (Lipinski definition) is 0. The highest BCUT2D eigenvalue weighted by atomic mass is 32.1. The third-order valence-electron chi connectivity index (χ3n) is 11.1. The predicted molar refractivity (Wildman–Crippen MR) is 231 cm³/mol. The maximum absolute atomic E-state index is 6.56. The van der Waals surface area contributed by atoms with Gasteiger partial charge >= 0.3 is 0 Å². The molecule has 0 spiro atoms. The van der Waals surface area contributed by atoms with E-state index in [-0.39, 0.29) is 0 Å². The van der Waals surface area contributed by atoms with Crippen LogP contribution in [0.5, 0.6) is 0 Å². The van der Waals surface area contributed by atoms with E-state index in [1.807, 2.05) is 23.5 Å². The van der Waals surface area contributed by atoms with Crippen LogP contribution in [0.15, 0.2) is 162 Å². The topological polar surface area (TPSA) is 43.9 Å². The van der Waals surface area contributed by atoms with Crippen molar-refractivity contribution >= 4 is 75.3 Å². The summed E-state index contributed by atoms with van der Waals surface area (Å²) in [7, 11) is 0. The van der Waals surface area contributed by atoms with Crippen LogP contribution in [0, 0.1) is 0 Å². The summed E-state index contributed by atoms with van der Waals surface area (Å²) < 4.78 is 11.4. The normalized spacial score (nSPS) is 11.9. The summed E-state index contributed by atoms with van der Waals surface area (Å²) in [5.41, 5.74) is 11.3. The summed E-state index contributed by atoms with van der Waals surface area (Å²) >= 11 is 1.85. The minimum absolute atomic E-state index is 0.624. The van der Waals surface area contributed by atoms with Gasteiger partial charge in [-0.1, -0.05) is 135 Å². The zero-order valence-corrected chi connectivity index (χ0v) is 31.1. The van der Waals surface area contributed by atoms with Crippen molar-refractivity contribution in [3.8, 4) is 39.6 Å². The van der Waals surface area contributed by atoms with Crippen molar-refractivity contribution in [1.82, 2.24) is 14.5 Å². The Hall–Kier alpha value is -6.56. The van der Waals surface area contributed by atoms with Crippen molar-refractivity contribution < 1.29 is 4.42 Å². The standard InChI is InChI=1S/C50H35N3OS/c1-2-3-11-31-20-22-32(23-21-31)33-24-26-34(27-25-33)41-30-42(39-16-10-15-37-35-12-5-8-18-45(35)54-48(37)39)52-50(51-41)53-43-17-7-4-14-40(43)47-44(53)29-28-38-36-13-6-9-19-46(36)55-49(38)47/h4-10,12-30H,2-3,11H2,1H3. The lowest BCUT2D eigenvalue weighted by Crippen LogP contribution is -2.04. The lowest BCUT2D eigenvalue weighted by molar-refractivity contribution is 0.670. The SMILES string of the molecule is CCCCc1ccc(-c2ccc(-c3cc(-c4cccc5c4oc4ccccc45)nc(-n4c5ccccc5c5c6sc7ccccc7c6ccc54)n3)cc2)cc1. The lowest BCUT2D eigenvalue weighted by atomic mass is 9.99. The molecule has 0 amide bonds. The Labute approximate surface area is 322 Å². The molecule has 0 atom stereocenters. The minimum atomic E-state index is 0.624. The van der Waals surface area contributed by atoms with Gasteiger partial charge in [0.05, 0.1) is 22.4 Å². The second-order valence-electron chi connectivity index (χ2n) is 14.4. The van der Waals surface area contributed by atoms with Crippen LogP contribution in [0.2, 0.25) is 0 Å². The molecular weight excluding hydrogens is 691 g/mol. The number of aromatic nitrogens is 3. The van der Waals surface area contributed by atoms with Gasteiger partial charge in [0, 0.05) is 52.8 Å². The third-order valence-corrected chi connectivity index (χ3v) is 12.3. The van der Waals surface area contributed by atoms with Crippen LogP contribution >= 0.6 is 11.3 Å². The molecule has 11 aromatic rings. The summed E-state index contributed by atoms with van der Waals surface area (Å²) in [5, 5.41) is 7.15. The van der Waals surface area contributed by atoms with Gasteiger partial charge in [-0.15, -0.1) is 11.3 Å². The smallest absolute Gasteiger partial charge is 0.235 e. The van der Waals surface area contributed by atoms with Crippen molar-refractivity contribution in [3.05, 3.63) is 163 Å². The first-order valence-corrected chi connectivity index (χ1v) is 19.9. The molecule has 0 unspecified atom stereocenters. The van der Waals surface area contributed by atoms with E-state index in [2.05, 4.69) is 157 Å². The molecule has 55 heavy (non-hydrogen) atoms. The molecule has 4 aromatic heterocycles. The monoisotopic (exact) mass is 725 g/mol. The van der Waals surface area contributed by atoms with E-state index in [0.29, 0.717) is 5.95 Å². The first-order valence-electron chi connectivity index (χ1n) is 19.0. The Morgan fingerprint density at radius 2 is 1.25 bits per heavy atom. The van der Waals surface area contributed by atoms with Crippen molar-refractivity contribution in [2.75, 3.05) is 0 Å². The fourth-order valence-electron chi connectivity index (χ4n) is 8.30. The quantitative estimate of drug-likeness (QED) is 0.164. The molecule has 0 saturated heterocycles. The van der Waals surface area contributed by atoms with Gasteiger partial charge in [-0.05, 0) is 65.9 Å². The number of fused-ring (bicyclic) bond motifs is 10. The van der Waals surface area contributed by atoms with Crippen molar-refractivity contribution in [2.45, 2.75) is 26.2 Å². The van der Waals surface area contributed by atoms with Crippen LogP contribution in [0.1, 0.15) is 25.3 Å². The second-order valence-corrected chi connectivity index (χ2v) is 15.4. The highest BCUT2D eigenvalue weighted by molar-refractivity contribution is 7.26. The molecule has 0 aliphatic carbocycles. The number of aryl methyl sites for hydroxylation is 1. The average molecular weight is 726 g/mol. The number of furan rings is 1. The molecule has 0 N–H and O–H groups in total. The predicted octanol–water partition coefficient (Wildman–Crippen LogP) is 14.2. The molecule has 0 fully saturated rings. The van der Waals surface area contributed by atoms with E-state index in [4.69, 9.17) is 14.4 Å². The lowest BCUT2D eigenvalue weighted by Gasteiger charge is -2.12. The molecular formula is C50H35N3OS. The van der Waals surface area contributed by atoms with Gasteiger partial charge in [-0.25, -0.2) is 9.97 Å². The highest BCUT2D eigenvalue weighted by Crippen LogP contribution is 2.44. The minimum Gasteiger partial charge on any atom is -0.455 e. The van der Waals surface area contributed by atoms with Crippen LogP contribution in [-0.4, -0.2) is 14.5 Å². The van der Waals surface area contributed by atoms with Crippen LogP contribution in [-0.2, 0) is 6.42 Å². The molecule has 7 aromatic carbocycles. The van der Waals surface area contributed by atoms with E-state index < -0.39 is 0 Å². The molecule has 262 valence electrons. The van der Waals surface area contributed by atoms with Gasteiger partial charge in [0.15, 0.2) is 0 Å². The Bertz CT molecular complexity index is 3240. The van der Waals surface area contributed by atoms with E-state index in [1.54, 1.807) is 0 Å². The Balaban J connectivity index is 1.13. The van der Waals surface area contributed by atoms with Crippen LogP contribution in [0.3, 0.4) is 0 Å². The van der Waals surface area contributed by atoms with Crippen molar-refractivity contribution in [2.24, 2.45) is 0 Å². The molecule has 0 saturated carbocycles. The van der Waals surface area contributed by atoms with Gasteiger partial charge < -0.3 is 4.42 Å². The zero-order chi connectivity index (χ0) is 36.5. The molecule has 0 aliphatic rings. The van der Waals surface area contributed by atoms with E-state index in [9.17, 15) is 0 Å². The zero-order valence-electron chi connectivity index (χ0n) is 30.3. The first kappa shape index (κ1) is 31.9. The maximum Gasteiger partial charge on any atom is 0.235 e. The number of benzene rings is 7. The van der Waals surface area contributed by atoms with Crippen LogP contribution in [0.4, 0.5) is 0 Å². The molecule has 0 aliphatic heterocycles. The van der Waals surface area contributed by atoms with Gasteiger partial charge in [-0.2, -0.15) is 0 Å². The Morgan fingerprint density at radius 3 is 2.09 bits per heavy atom. The van der Waals surface area contributed by atoms with Crippen LogP contribution in [0.25, 0.3) is 104 Å². The van der Waals surface area contributed by atoms with Crippen LogP contribution < -0.4 is 0 Å². The second kappa shape index (κ2) is 12.8. The fraction of sp³-hybridized carbons (Fsp3) is 0.0800. The number of hydrogen-bond acceptors (Lipinski definition) is 4. The number of nitrogens with zero attached hydrogens (tertiary/aromatic N) is 3. The fourth-order valence-corrected chi connectivity index (χ4v) is 9.56. The molecule has 5 heteroatoms. The first-order chi connectivity index (χ1) is 27.2. The Kier molecular flexibility index (Phi) is 7.42. The summed E-state index contributed by atoms with van der Waals surface area (Å²) in [6, 6.07) is 56.3. The largest absolute Gasteiger partial charge is 0.455 e. The number of para-hydroxylation sites is 3. The van der Waals surface area contributed by atoms with E-state index in [1.165, 1.54) is 60.5 Å². The van der Waals surface area contributed by atoms with E-state index >= 15 is 0 Å². The van der Waals surface area contributed by atoms with E-state index in [0.717, 1.165) is 61.9 Å². The van der Waals surface area contributed by atoms with Gasteiger partial charge in [0.1, 0.15) is 11.2 Å². The molecule has 4 nitrogen and oxygen atoms in total. The van der Waals surface area contributed by atoms with Crippen molar-refractivity contribution in [3.63, 3.8) is 0 Å². The number of unbranched alkanes of at least 4 members (excludes halogenated alkanes) is 1.